The van der Waals surface area contributed by atoms with Crippen LogP contribution < -0.4 is 16.3 Å². The molecular formula is C19H24N2O5. The summed E-state index contributed by atoms with van der Waals surface area (Å²) in [5, 5.41) is 5.99. The normalized spacial score (nSPS) is 11.9. The SMILES string of the molecule is CC(C)(CNC(=O)c1cc2ccccc2oc1=O)NC(=O)OC(C)(C)C. The van der Waals surface area contributed by atoms with Gasteiger partial charge in [-0.3, -0.25) is 4.79 Å². The van der Waals surface area contributed by atoms with Crippen molar-refractivity contribution in [1.29, 1.82) is 0 Å². The molecule has 7 nitrogen and oxygen atoms in total. The van der Waals surface area contributed by atoms with Crippen molar-refractivity contribution in [2.24, 2.45) is 0 Å². The van der Waals surface area contributed by atoms with Crippen LogP contribution in [0.2, 0.25) is 0 Å². The van der Waals surface area contributed by atoms with Crippen molar-refractivity contribution in [3.05, 3.63) is 46.3 Å². The Morgan fingerprint density at radius 2 is 1.77 bits per heavy atom. The Morgan fingerprint density at radius 3 is 2.42 bits per heavy atom. The molecule has 0 radical (unpaired) electrons. The van der Waals surface area contributed by atoms with Gasteiger partial charge in [0.15, 0.2) is 0 Å². The zero-order chi connectivity index (χ0) is 19.5. The van der Waals surface area contributed by atoms with Crippen LogP contribution in [0.25, 0.3) is 11.0 Å². The highest BCUT2D eigenvalue weighted by Crippen LogP contribution is 2.13. The van der Waals surface area contributed by atoms with Crippen LogP contribution >= 0.6 is 0 Å². The molecule has 0 aliphatic rings. The first-order chi connectivity index (χ1) is 12.0. The van der Waals surface area contributed by atoms with Crippen molar-refractivity contribution < 1.29 is 18.7 Å². The number of para-hydroxylation sites is 1. The fourth-order valence-corrected chi connectivity index (χ4v) is 2.24. The third kappa shape index (κ3) is 5.34. The number of benzene rings is 1. The lowest BCUT2D eigenvalue weighted by atomic mass is 10.1. The first-order valence-corrected chi connectivity index (χ1v) is 8.29. The molecule has 0 aliphatic heterocycles. The van der Waals surface area contributed by atoms with Gasteiger partial charge in [0, 0.05) is 11.9 Å². The highest BCUT2D eigenvalue weighted by atomic mass is 16.6. The van der Waals surface area contributed by atoms with Gasteiger partial charge in [-0.25, -0.2) is 9.59 Å². The average Bonchev–Trinajstić information content (AvgIpc) is 2.49. The molecule has 0 atom stereocenters. The molecule has 0 fully saturated rings. The number of alkyl carbamates (subject to hydrolysis) is 1. The molecule has 2 aromatic rings. The second-order valence-corrected chi connectivity index (χ2v) is 7.68. The van der Waals surface area contributed by atoms with E-state index in [-0.39, 0.29) is 12.1 Å². The molecule has 0 aliphatic carbocycles. The lowest BCUT2D eigenvalue weighted by Crippen LogP contribution is -2.52. The summed E-state index contributed by atoms with van der Waals surface area (Å²) in [6.07, 6.45) is -0.582. The second kappa shape index (κ2) is 7.19. The monoisotopic (exact) mass is 360 g/mol. The maximum Gasteiger partial charge on any atom is 0.408 e. The van der Waals surface area contributed by atoms with E-state index in [1.54, 1.807) is 58.9 Å². The number of nitrogens with one attached hydrogen (secondary N) is 2. The summed E-state index contributed by atoms with van der Waals surface area (Å²) >= 11 is 0. The molecule has 0 saturated carbocycles. The minimum absolute atomic E-state index is 0.0863. The average molecular weight is 360 g/mol. The summed E-state index contributed by atoms with van der Waals surface area (Å²) in [5.74, 6) is -0.566. The predicted molar refractivity (Wildman–Crippen MR) is 98.3 cm³/mol. The largest absolute Gasteiger partial charge is 0.444 e. The second-order valence-electron chi connectivity index (χ2n) is 7.68. The van der Waals surface area contributed by atoms with Crippen molar-refractivity contribution in [1.82, 2.24) is 10.6 Å². The van der Waals surface area contributed by atoms with Gasteiger partial charge in [0.1, 0.15) is 16.7 Å². The number of hydrogen-bond acceptors (Lipinski definition) is 5. The van der Waals surface area contributed by atoms with E-state index in [0.29, 0.717) is 11.0 Å². The van der Waals surface area contributed by atoms with E-state index in [9.17, 15) is 14.4 Å². The standard InChI is InChI=1S/C19H24N2O5/c1-18(2,3)26-17(24)21-19(4,5)11-20-15(22)13-10-12-8-6-7-9-14(12)25-16(13)23/h6-10H,11H2,1-5H3,(H,20,22)(H,21,24). The lowest BCUT2D eigenvalue weighted by Gasteiger charge is -2.28. The van der Waals surface area contributed by atoms with Crippen LogP contribution in [-0.4, -0.2) is 29.7 Å². The van der Waals surface area contributed by atoms with E-state index in [1.807, 2.05) is 0 Å². The van der Waals surface area contributed by atoms with Crippen molar-refractivity contribution in [3.8, 4) is 0 Å². The van der Waals surface area contributed by atoms with E-state index in [1.165, 1.54) is 6.07 Å². The van der Waals surface area contributed by atoms with Gasteiger partial charge in [-0.05, 0) is 46.8 Å². The number of hydrogen-bond donors (Lipinski definition) is 2. The Kier molecular flexibility index (Phi) is 5.39. The molecule has 0 bridgehead atoms. The summed E-state index contributed by atoms with van der Waals surface area (Å²) in [5.41, 5.74) is -1.76. The minimum atomic E-state index is -0.769. The number of carbonyl (C=O) groups is 2. The Balaban J connectivity index is 2.04. The Labute approximate surface area is 151 Å². The van der Waals surface area contributed by atoms with Crippen LogP contribution in [0.5, 0.6) is 0 Å². The maximum absolute atomic E-state index is 12.4. The lowest BCUT2D eigenvalue weighted by molar-refractivity contribution is 0.0469. The van der Waals surface area contributed by atoms with E-state index in [4.69, 9.17) is 9.15 Å². The molecule has 0 unspecified atom stereocenters. The van der Waals surface area contributed by atoms with Crippen molar-refractivity contribution in [3.63, 3.8) is 0 Å². The fraction of sp³-hybridized carbons (Fsp3) is 0.421. The highest BCUT2D eigenvalue weighted by Gasteiger charge is 2.25. The van der Waals surface area contributed by atoms with E-state index in [0.717, 1.165) is 0 Å². The van der Waals surface area contributed by atoms with Gasteiger partial charge in [-0.1, -0.05) is 18.2 Å². The number of fused-ring (bicyclic) bond motifs is 1. The van der Waals surface area contributed by atoms with Crippen LogP contribution in [0.4, 0.5) is 4.79 Å². The highest BCUT2D eigenvalue weighted by molar-refractivity contribution is 5.96. The molecule has 7 heteroatoms. The molecule has 1 heterocycles. The van der Waals surface area contributed by atoms with E-state index in [2.05, 4.69) is 10.6 Å². The third-order valence-electron chi connectivity index (χ3n) is 3.42. The molecule has 1 aromatic carbocycles. The predicted octanol–water partition coefficient (Wildman–Crippen LogP) is 2.83. The van der Waals surface area contributed by atoms with Crippen molar-refractivity contribution >= 4 is 23.0 Å². The first-order valence-electron chi connectivity index (χ1n) is 8.29. The Hall–Kier alpha value is -2.83. The van der Waals surface area contributed by atoms with Gasteiger partial charge in [0.05, 0.1) is 5.54 Å². The van der Waals surface area contributed by atoms with Crippen LogP contribution in [0.15, 0.2) is 39.5 Å². The molecule has 26 heavy (non-hydrogen) atoms. The van der Waals surface area contributed by atoms with Gasteiger partial charge < -0.3 is 19.8 Å². The molecule has 2 rings (SSSR count). The topological polar surface area (TPSA) is 97.6 Å². The molecule has 0 spiro atoms. The molecular weight excluding hydrogens is 336 g/mol. The summed E-state index contributed by atoms with van der Waals surface area (Å²) in [6.45, 7) is 8.87. The molecule has 140 valence electrons. The van der Waals surface area contributed by atoms with Gasteiger partial charge in [-0.2, -0.15) is 0 Å². The fourth-order valence-electron chi connectivity index (χ4n) is 2.24. The number of carbonyl (C=O) groups excluding carboxylic acids is 2. The summed E-state index contributed by atoms with van der Waals surface area (Å²) < 4.78 is 10.4. The van der Waals surface area contributed by atoms with E-state index < -0.39 is 28.8 Å². The summed E-state index contributed by atoms with van der Waals surface area (Å²) in [7, 11) is 0. The molecule has 2 N–H and O–H groups in total. The Bertz CT molecular complexity index is 877. The van der Waals surface area contributed by atoms with Gasteiger partial charge in [-0.15, -0.1) is 0 Å². The van der Waals surface area contributed by atoms with Gasteiger partial charge in [0.25, 0.3) is 5.91 Å². The summed E-state index contributed by atoms with van der Waals surface area (Å²) in [4.78, 5) is 36.3. The first kappa shape index (κ1) is 19.5. The van der Waals surface area contributed by atoms with Gasteiger partial charge in [0.2, 0.25) is 0 Å². The van der Waals surface area contributed by atoms with Crippen LogP contribution in [0, 0.1) is 0 Å². The Morgan fingerprint density at radius 1 is 1.12 bits per heavy atom. The number of ether oxygens (including phenoxy) is 1. The van der Waals surface area contributed by atoms with Crippen LogP contribution in [0.3, 0.4) is 0 Å². The van der Waals surface area contributed by atoms with Gasteiger partial charge >= 0.3 is 11.7 Å². The van der Waals surface area contributed by atoms with Crippen molar-refractivity contribution in [2.45, 2.75) is 45.8 Å². The van der Waals surface area contributed by atoms with Crippen molar-refractivity contribution in [2.75, 3.05) is 6.54 Å². The number of rotatable bonds is 4. The quantitative estimate of drug-likeness (QED) is 0.817. The number of amides is 2. The molecule has 2 amide bonds. The molecule has 1 aromatic heterocycles. The van der Waals surface area contributed by atoms with Crippen LogP contribution in [-0.2, 0) is 4.74 Å². The zero-order valence-electron chi connectivity index (χ0n) is 15.6. The van der Waals surface area contributed by atoms with Crippen LogP contribution in [0.1, 0.15) is 45.0 Å². The maximum atomic E-state index is 12.4. The molecule has 0 saturated heterocycles. The third-order valence-corrected chi connectivity index (χ3v) is 3.42. The van der Waals surface area contributed by atoms with E-state index >= 15 is 0 Å². The smallest absolute Gasteiger partial charge is 0.408 e. The summed E-state index contributed by atoms with van der Waals surface area (Å²) in [6, 6.07) is 8.44. The zero-order valence-corrected chi connectivity index (χ0v) is 15.6. The minimum Gasteiger partial charge on any atom is -0.444 e.